The average Bonchev–Trinajstić information content (AvgIpc) is 3.26. The van der Waals surface area contributed by atoms with Gasteiger partial charge in [-0.2, -0.15) is 18.3 Å². The van der Waals surface area contributed by atoms with Crippen LogP contribution in [-0.4, -0.2) is 64.6 Å². The SMILES string of the molecule is Cn1ncc(Cl)c1-c1cc(NC(=O)c2cccc(C(F)(F)F)c2)ccc1OCCN1CCC(NC(=O)OC(C)(C)C)CC1. The first-order valence-corrected chi connectivity index (χ1v) is 14.2. The molecule has 0 bridgehead atoms. The Morgan fingerprint density at radius 1 is 1.09 bits per heavy atom. The summed E-state index contributed by atoms with van der Waals surface area (Å²) in [6, 6.07) is 9.21. The quantitative estimate of drug-likeness (QED) is 0.303. The molecule has 4 rings (SSSR count). The maximum atomic E-state index is 13.1. The smallest absolute Gasteiger partial charge is 0.416 e. The molecule has 9 nitrogen and oxygen atoms in total. The molecule has 1 aliphatic rings. The summed E-state index contributed by atoms with van der Waals surface area (Å²) in [6.45, 7) is 8.05. The van der Waals surface area contributed by atoms with Crippen LogP contribution in [0.5, 0.6) is 5.75 Å². The molecular formula is C30H35ClF3N5O4. The largest absolute Gasteiger partial charge is 0.492 e. The van der Waals surface area contributed by atoms with Gasteiger partial charge < -0.3 is 20.1 Å². The Balaban J connectivity index is 1.40. The Morgan fingerprint density at radius 3 is 2.44 bits per heavy atom. The van der Waals surface area contributed by atoms with Gasteiger partial charge in [0.15, 0.2) is 0 Å². The van der Waals surface area contributed by atoms with Crippen LogP contribution in [0.25, 0.3) is 11.3 Å². The summed E-state index contributed by atoms with van der Waals surface area (Å²) in [5.41, 5.74) is -0.114. The number of alkyl carbamates (subject to hydrolysis) is 1. The van der Waals surface area contributed by atoms with E-state index in [0.29, 0.717) is 40.9 Å². The fourth-order valence-electron chi connectivity index (χ4n) is 4.73. The Labute approximate surface area is 253 Å². The molecule has 2 heterocycles. The lowest BCUT2D eigenvalue weighted by Crippen LogP contribution is -2.46. The fourth-order valence-corrected chi connectivity index (χ4v) is 5.00. The summed E-state index contributed by atoms with van der Waals surface area (Å²) in [5.74, 6) is -0.185. The first-order valence-electron chi connectivity index (χ1n) is 13.8. The third-order valence-corrected chi connectivity index (χ3v) is 7.09. The van der Waals surface area contributed by atoms with Gasteiger partial charge in [0.1, 0.15) is 18.0 Å². The molecule has 0 radical (unpaired) electrons. The predicted molar refractivity (Wildman–Crippen MR) is 157 cm³/mol. The molecule has 0 unspecified atom stereocenters. The van der Waals surface area contributed by atoms with Crippen LogP contribution in [0.4, 0.5) is 23.7 Å². The number of amides is 2. The number of carbonyl (C=O) groups excluding carboxylic acids is 2. The van der Waals surface area contributed by atoms with E-state index in [9.17, 15) is 22.8 Å². The van der Waals surface area contributed by atoms with Gasteiger partial charge in [0.05, 0.1) is 22.5 Å². The summed E-state index contributed by atoms with van der Waals surface area (Å²) in [5, 5.41) is 10.2. The molecule has 43 heavy (non-hydrogen) atoms. The minimum atomic E-state index is -4.56. The lowest BCUT2D eigenvalue weighted by atomic mass is 10.1. The Morgan fingerprint density at radius 2 is 1.81 bits per heavy atom. The number of nitrogens with one attached hydrogen (secondary N) is 2. The monoisotopic (exact) mass is 621 g/mol. The summed E-state index contributed by atoms with van der Waals surface area (Å²) < 4.78 is 52.5. The molecule has 232 valence electrons. The number of anilines is 1. The zero-order chi connectivity index (χ0) is 31.4. The van der Waals surface area contributed by atoms with Crippen molar-refractivity contribution in [3.8, 4) is 17.0 Å². The van der Waals surface area contributed by atoms with Crippen molar-refractivity contribution < 1.29 is 32.2 Å². The van der Waals surface area contributed by atoms with Gasteiger partial charge >= 0.3 is 12.3 Å². The molecular weight excluding hydrogens is 587 g/mol. The number of hydrogen-bond acceptors (Lipinski definition) is 6. The number of likely N-dealkylation sites (tertiary alicyclic amines) is 1. The molecule has 1 aromatic heterocycles. The molecule has 2 amide bonds. The van der Waals surface area contributed by atoms with Crippen LogP contribution >= 0.6 is 11.6 Å². The van der Waals surface area contributed by atoms with Gasteiger partial charge in [0, 0.05) is 49.5 Å². The lowest BCUT2D eigenvalue weighted by Gasteiger charge is -2.32. The second kappa shape index (κ2) is 13.3. The van der Waals surface area contributed by atoms with Crippen molar-refractivity contribution in [2.45, 2.75) is 51.4 Å². The highest BCUT2D eigenvalue weighted by molar-refractivity contribution is 6.33. The number of ether oxygens (including phenoxy) is 2. The van der Waals surface area contributed by atoms with Crippen molar-refractivity contribution in [2.75, 3.05) is 31.6 Å². The minimum Gasteiger partial charge on any atom is -0.492 e. The Bertz CT molecular complexity index is 1430. The van der Waals surface area contributed by atoms with Gasteiger partial charge in [-0.3, -0.25) is 14.4 Å². The number of halogens is 4. The first-order chi connectivity index (χ1) is 20.2. The molecule has 13 heteroatoms. The normalized spacial score (nSPS) is 14.8. The number of aromatic nitrogens is 2. The van der Waals surface area contributed by atoms with Gasteiger partial charge in [-0.05, 0) is 70.0 Å². The van der Waals surface area contributed by atoms with Crippen molar-refractivity contribution in [3.05, 3.63) is 64.8 Å². The molecule has 0 saturated carbocycles. The van der Waals surface area contributed by atoms with E-state index in [2.05, 4.69) is 20.6 Å². The van der Waals surface area contributed by atoms with Crippen LogP contribution in [-0.2, 0) is 18.0 Å². The van der Waals surface area contributed by atoms with E-state index >= 15 is 0 Å². The van der Waals surface area contributed by atoms with Crippen molar-refractivity contribution in [1.29, 1.82) is 0 Å². The topological polar surface area (TPSA) is 97.7 Å². The molecule has 2 N–H and O–H groups in total. The first kappa shape index (κ1) is 32.2. The highest BCUT2D eigenvalue weighted by Gasteiger charge is 2.31. The van der Waals surface area contributed by atoms with Gasteiger partial charge in [0.2, 0.25) is 0 Å². The Kier molecular flexibility index (Phi) is 9.91. The number of carbonyl (C=O) groups is 2. The molecule has 2 aromatic carbocycles. The number of hydrogen-bond donors (Lipinski definition) is 2. The van der Waals surface area contributed by atoms with E-state index in [1.165, 1.54) is 18.3 Å². The zero-order valence-corrected chi connectivity index (χ0v) is 25.2. The molecule has 0 spiro atoms. The molecule has 1 aliphatic heterocycles. The third kappa shape index (κ3) is 8.87. The van der Waals surface area contributed by atoms with E-state index in [0.717, 1.165) is 38.1 Å². The van der Waals surface area contributed by atoms with Gasteiger partial charge in [-0.1, -0.05) is 17.7 Å². The highest BCUT2D eigenvalue weighted by Crippen LogP contribution is 2.37. The van der Waals surface area contributed by atoms with E-state index in [1.807, 2.05) is 20.8 Å². The van der Waals surface area contributed by atoms with Crippen LogP contribution in [0.2, 0.25) is 5.02 Å². The molecule has 1 saturated heterocycles. The number of nitrogens with zero attached hydrogens (tertiary/aromatic N) is 3. The number of benzene rings is 2. The summed E-state index contributed by atoms with van der Waals surface area (Å²) >= 11 is 6.43. The van der Waals surface area contributed by atoms with Crippen molar-refractivity contribution in [3.63, 3.8) is 0 Å². The fraction of sp³-hybridized carbons (Fsp3) is 0.433. The van der Waals surface area contributed by atoms with E-state index < -0.39 is 29.3 Å². The highest BCUT2D eigenvalue weighted by atomic mass is 35.5. The van der Waals surface area contributed by atoms with Crippen LogP contribution < -0.4 is 15.4 Å². The van der Waals surface area contributed by atoms with E-state index in [4.69, 9.17) is 21.1 Å². The molecule has 3 aromatic rings. The van der Waals surface area contributed by atoms with Crippen molar-refractivity contribution in [2.24, 2.45) is 7.05 Å². The minimum absolute atomic E-state index is 0.0456. The molecule has 1 fully saturated rings. The second-order valence-corrected chi connectivity index (χ2v) is 11.7. The number of aryl methyl sites for hydroxylation is 1. The summed E-state index contributed by atoms with van der Waals surface area (Å²) in [6.07, 6.45) is -1.91. The van der Waals surface area contributed by atoms with Crippen LogP contribution in [0.3, 0.4) is 0 Å². The second-order valence-electron chi connectivity index (χ2n) is 11.3. The lowest BCUT2D eigenvalue weighted by molar-refractivity contribution is -0.137. The zero-order valence-electron chi connectivity index (χ0n) is 24.4. The Hall–Kier alpha value is -3.77. The third-order valence-electron chi connectivity index (χ3n) is 6.81. The van der Waals surface area contributed by atoms with Gasteiger partial charge in [-0.25, -0.2) is 4.79 Å². The maximum absolute atomic E-state index is 13.1. The standard InChI is InChI=1S/C30H35ClF3N5O4/c1-29(2,3)43-28(41)37-21-10-12-39(13-11-21)14-15-42-25-9-8-22(17-23(25)26-24(31)18-35-38(26)4)36-27(40)19-6-5-7-20(16-19)30(32,33)34/h5-9,16-18,21H,10-15H2,1-4H3,(H,36,40)(H,37,41). The predicted octanol–water partition coefficient (Wildman–Crippen LogP) is 6.38. The van der Waals surface area contributed by atoms with Crippen LogP contribution in [0, 0.1) is 0 Å². The van der Waals surface area contributed by atoms with Gasteiger partial charge in [-0.15, -0.1) is 0 Å². The van der Waals surface area contributed by atoms with Crippen LogP contribution in [0.15, 0.2) is 48.7 Å². The maximum Gasteiger partial charge on any atom is 0.416 e. The van der Waals surface area contributed by atoms with Crippen LogP contribution in [0.1, 0.15) is 49.5 Å². The molecule has 0 atom stereocenters. The molecule has 0 aliphatic carbocycles. The average molecular weight is 622 g/mol. The van der Waals surface area contributed by atoms with Gasteiger partial charge in [0.25, 0.3) is 5.91 Å². The number of piperidine rings is 1. The number of alkyl halides is 3. The summed E-state index contributed by atoms with van der Waals surface area (Å²) in [7, 11) is 1.72. The van der Waals surface area contributed by atoms with E-state index in [1.54, 1.807) is 29.9 Å². The number of rotatable bonds is 8. The summed E-state index contributed by atoms with van der Waals surface area (Å²) in [4.78, 5) is 27.1. The van der Waals surface area contributed by atoms with Crippen molar-refractivity contribution in [1.82, 2.24) is 20.0 Å². The van der Waals surface area contributed by atoms with E-state index in [-0.39, 0.29) is 11.6 Å². The van der Waals surface area contributed by atoms with Crippen molar-refractivity contribution >= 4 is 29.3 Å².